The van der Waals surface area contributed by atoms with E-state index in [1.807, 2.05) is 0 Å². The second kappa shape index (κ2) is 5.51. The summed E-state index contributed by atoms with van der Waals surface area (Å²) < 4.78 is 20.2. The minimum atomic E-state index is -2.09. The van der Waals surface area contributed by atoms with Crippen molar-refractivity contribution in [3.63, 3.8) is 0 Å². The van der Waals surface area contributed by atoms with Crippen molar-refractivity contribution >= 4 is 22.6 Å². The molecule has 25 heavy (non-hydrogen) atoms. The minimum Gasteiger partial charge on any atom is -0.494 e. The fourth-order valence-corrected chi connectivity index (χ4v) is 3.45. The van der Waals surface area contributed by atoms with Crippen LogP contribution in [0, 0.1) is 5.41 Å². The van der Waals surface area contributed by atoms with Gasteiger partial charge in [-0.05, 0) is 17.7 Å². The van der Waals surface area contributed by atoms with Gasteiger partial charge in [0.2, 0.25) is 0 Å². The standard InChI is InChI=1S/C18H12N2O4S/c19-15-11-3-1-2-4-12(11)17(21)14-13(15)18(22)20-16(14)9-5-7-10(8-6-9)25(23)24/h1-8,19-20,22H,(H,23,24). The molecule has 0 bridgehead atoms. The van der Waals surface area contributed by atoms with Crippen LogP contribution in [0.2, 0.25) is 0 Å². The van der Waals surface area contributed by atoms with Gasteiger partial charge in [0, 0.05) is 11.1 Å². The normalized spacial score (nSPS) is 14.1. The number of aromatic hydroxyl groups is 1. The van der Waals surface area contributed by atoms with Gasteiger partial charge in [0.15, 0.2) is 22.7 Å². The first-order valence-electron chi connectivity index (χ1n) is 7.38. The molecule has 0 amide bonds. The molecule has 1 atom stereocenters. The lowest BCUT2D eigenvalue weighted by atomic mass is 9.84. The van der Waals surface area contributed by atoms with Gasteiger partial charge in [0.25, 0.3) is 0 Å². The van der Waals surface area contributed by atoms with Gasteiger partial charge in [0.1, 0.15) is 0 Å². The Bertz CT molecular complexity index is 1070. The molecular formula is C18H12N2O4S. The van der Waals surface area contributed by atoms with Crippen molar-refractivity contribution in [1.82, 2.24) is 4.98 Å². The first kappa shape index (κ1) is 15.5. The molecule has 4 rings (SSSR count). The molecule has 7 heteroatoms. The Hall–Kier alpha value is -3.03. The number of hydrogen-bond donors (Lipinski definition) is 4. The molecule has 1 unspecified atom stereocenters. The van der Waals surface area contributed by atoms with Gasteiger partial charge in [-0.3, -0.25) is 10.2 Å². The number of aromatic nitrogens is 1. The van der Waals surface area contributed by atoms with Crippen LogP contribution in [0.3, 0.4) is 0 Å². The summed E-state index contributed by atoms with van der Waals surface area (Å²) in [6.07, 6.45) is 0. The molecule has 4 N–H and O–H groups in total. The summed E-state index contributed by atoms with van der Waals surface area (Å²) >= 11 is -2.09. The molecule has 0 aliphatic heterocycles. The summed E-state index contributed by atoms with van der Waals surface area (Å²) in [4.78, 5) is 15.9. The van der Waals surface area contributed by atoms with Crippen LogP contribution in [-0.2, 0) is 11.1 Å². The topological polar surface area (TPSA) is 114 Å². The molecule has 124 valence electrons. The quantitative estimate of drug-likeness (QED) is 0.415. The maximum Gasteiger partial charge on any atom is 0.199 e. The van der Waals surface area contributed by atoms with Gasteiger partial charge < -0.3 is 14.6 Å². The highest BCUT2D eigenvalue weighted by Gasteiger charge is 2.34. The highest BCUT2D eigenvalue weighted by molar-refractivity contribution is 7.79. The summed E-state index contributed by atoms with van der Waals surface area (Å²) in [7, 11) is 0. The Morgan fingerprint density at radius 2 is 1.60 bits per heavy atom. The van der Waals surface area contributed by atoms with E-state index in [2.05, 4.69) is 4.98 Å². The number of carbonyl (C=O) groups is 1. The average molecular weight is 352 g/mol. The first-order chi connectivity index (χ1) is 12.0. The summed E-state index contributed by atoms with van der Waals surface area (Å²) in [5.74, 6) is -0.518. The van der Waals surface area contributed by atoms with E-state index in [9.17, 15) is 14.1 Å². The SMILES string of the molecule is N=C1c2ccccc2C(=O)c2c(-c3ccc(S(=O)O)cc3)[nH]c(O)c21. The van der Waals surface area contributed by atoms with Gasteiger partial charge in [-0.15, -0.1) is 0 Å². The maximum absolute atomic E-state index is 12.9. The Kier molecular flexibility index (Phi) is 3.41. The maximum atomic E-state index is 12.9. The number of fused-ring (bicyclic) bond motifs is 2. The highest BCUT2D eigenvalue weighted by atomic mass is 32.2. The number of rotatable bonds is 2. The second-order valence-electron chi connectivity index (χ2n) is 5.62. The van der Waals surface area contributed by atoms with E-state index in [0.29, 0.717) is 22.4 Å². The van der Waals surface area contributed by atoms with Crippen molar-refractivity contribution < 1.29 is 18.7 Å². The summed E-state index contributed by atoms with van der Waals surface area (Å²) in [6.45, 7) is 0. The van der Waals surface area contributed by atoms with E-state index in [1.54, 1.807) is 36.4 Å². The predicted octanol–water partition coefficient (Wildman–Crippen LogP) is 2.93. The smallest absolute Gasteiger partial charge is 0.199 e. The highest BCUT2D eigenvalue weighted by Crippen LogP contribution is 2.39. The summed E-state index contributed by atoms with van der Waals surface area (Å²) in [5.41, 5.74) is 2.34. The number of nitrogens with one attached hydrogen (secondary N) is 2. The third kappa shape index (κ3) is 2.25. The van der Waals surface area contributed by atoms with Crippen molar-refractivity contribution in [3.8, 4) is 17.1 Å². The molecule has 0 spiro atoms. The molecule has 2 aromatic carbocycles. The average Bonchev–Trinajstić information content (AvgIpc) is 2.97. The van der Waals surface area contributed by atoms with Crippen LogP contribution in [0.15, 0.2) is 53.4 Å². The fourth-order valence-electron chi connectivity index (χ4n) is 3.08. The lowest BCUT2D eigenvalue weighted by Crippen LogP contribution is -2.19. The van der Waals surface area contributed by atoms with Gasteiger partial charge in [0.05, 0.1) is 27.4 Å². The van der Waals surface area contributed by atoms with Crippen LogP contribution >= 0.6 is 0 Å². The zero-order valence-electron chi connectivity index (χ0n) is 12.7. The molecular weight excluding hydrogens is 340 g/mol. The van der Waals surface area contributed by atoms with E-state index in [4.69, 9.17) is 9.96 Å². The largest absolute Gasteiger partial charge is 0.494 e. The summed E-state index contributed by atoms with van der Waals surface area (Å²) in [5, 5.41) is 18.6. The van der Waals surface area contributed by atoms with Crippen LogP contribution in [0.1, 0.15) is 27.0 Å². The Labute approximate surface area is 144 Å². The van der Waals surface area contributed by atoms with Crippen LogP contribution in [-0.4, -0.2) is 30.3 Å². The van der Waals surface area contributed by atoms with Crippen LogP contribution in [0.25, 0.3) is 11.3 Å². The molecule has 3 aromatic rings. The third-order valence-corrected chi connectivity index (χ3v) is 4.92. The van der Waals surface area contributed by atoms with Crippen molar-refractivity contribution in [3.05, 3.63) is 70.8 Å². The van der Waals surface area contributed by atoms with E-state index in [1.165, 1.54) is 12.1 Å². The van der Waals surface area contributed by atoms with E-state index in [0.717, 1.165) is 0 Å². The number of H-pyrrole nitrogens is 1. The number of carbonyl (C=O) groups excluding carboxylic acids is 1. The number of hydrogen-bond acceptors (Lipinski definition) is 4. The molecule has 0 radical (unpaired) electrons. The van der Waals surface area contributed by atoms with Crippen LogP contribution < -0.4 is 0 Å². The molecule has 0 saturated carbocycles. The van der Waals surface area contributed by atoms with Crippen LogP contribution in [0.5, 0.6) is 5.88 Å². The van der Waals surface area contributed by atoms with E-state index in [-0.39, 0.29) is 33.4 Å². The number of benzene rings is 2. The second-order valence-corrected chi connectivity index (χ2v) is 6.59. The lowest BCUT2D eigenvalue weighted by Gasteiger charge is -2.17. The molecule has 1 aromatic heterocycles. The molecule has 1 aliphatic rings. The molecule has 1 heterocycles. The zero-order chi connectivity index (χ0) is 17.7. The van der Waals surface area contributed by atoms with Gasteiger partial charge in [-0.25, -0.2) is 4.21 Å². The van der Waals surface area contributed by atoms with Crippen molar-refractivity contribution in [2.75, 3.05) is 0 Å². The van der Waals surface area contributed by atoms with Gasteiger partial charge in [-0.2, -0.15) is 0 Å². The van der Waals surface area contributed by atoms with Crippen molar-refractivity contribution in [2.24, 2.45) is 0 Å². The molecule has 6 nitrogen and oxygen atoms in total. The Morgan fingerprint density at radius 1 is 0.960 bits per heavy atom. The lowest BCUT2D eigenvalue weighted by molar-refractivity contribution is 0.103. The number of ketones is 1. The fraction of sp³-hybridized carbons (Fsp3) is 0. The number of aromatic amines is 1. The Morgan fingerprint density at radius 3 is 2.24 bits per heavy atom. The first-order valence-corrected chi connectivity index (χ1v) is 8.49. The molecule has 0 saturated heterocycles. The minimum absolute atomic E-state index is 0.0817. The molecule has 1 aliphatic carbocycles. The summed E-state index contributed by atoms with van der Waals surface area (Å²) in [6, 6.07) is 12.9. The Balaban J connectivity index is 1.92. The van der Waals surface area contributed by atoms with Crippen LogP contribution in [0.4, 0.5) is 0 Å². The van der Waals surface area contributed by atoms with E-state index >= 15 is 0 Å². The van der Waals surface area contributed by atoms with E-state index < -0.39 is 11.1 Å². The third-order valence-electron chi connectivity index (χ3n) is 4.24. The zero-order valence-corrected chi connectivity index (χ0v) is 13.6. The van der Waals surface area contributed by atoms with Crippen molar-refractivity contribution in [2.45, 2.75) is 4.90 Å². The van der Waals surface area contributed by atoms with Crippen molar-refractivity contribution in [1.29, 1.82) is 5.41 Å². The monoisotopic (exact) mass is 352 g/mol. The van der Waals surface area contributed by atoms with Gasteiger partial charge >= 0.3 is 0 Å². The van der Waals surface area contributed by atoms with Gasteiger partial charge in [-0.1, -0.05) is 36.4 Å². The molecule has 0 fully saturated rings. The predicted molar refractivity (Wildman–Crippen MR) is 92.7 cm³/mol.